The van der Waals surface area contributed by atoms with Crippen molar-refractivity contribution >= 4 is 11.7 Å². The van der Waals surface area contributed by atoms with Crippen molar-refractivity contribution in [2.24, 2.45) is 7.05 Å². The van der Waals surface area contributed by atoms with Crippen LogP contribution in [0.2, 0.25) is 0 Å². The van der Waals surface area contributed by atoms with E-state index in [1.807, 2.05) is 31.3 Å². The second kappa shape index (κ2) is 7.19. The Bertz CT molecular complexity index is 949. The predicted octanol–water partition coefficient (Wildman–Crippen LogP) is 3.82. The molecule has 0 unspecified atom stereocenters. The highest BCUT2D eigenvalue weighted by Gasteiger charge is 2.33. The molecule has 0 atom stereocenters. The first kappa shape index (κ1) is 17.2. The molecule has 0 bridgehead atoms. The quantitative estimate of drug-likeness (QED) is 0.748. The maximum absolute atomic E-state index is 14.0. The van der Waals surface area contributed by atoms with E-state index < -0.39 is 0 Å². The van der Waals surface area contributed by atoms with Gasteiger partial charge in [-0.25, -0.2) is 14.2 Å². The minimum Gasteiger partial charge on any atom is -0.317 e. The molecule has 1 saturated carbocycles. The van der Waals surface area contributed by atoms with Crippen molar-refractivity contribution in [1.29, 1.82) is 0 Å². The number of carbonyl (C=O) groups is 1. The van der Waals surface area contributed by atoms with Gasteiger partial charge >= 0.3 is 6.03 Å². The number of nitrogens with one attached hydrogen (secondary N) is 1. The number of hydrogen-bond acceptors (Lipinski definition) is 3. The fraction of sp³-hybridized carbons (Fsp3) is 0.250. The molecule has 1 heterocycles. The Morgan fingerprint density at radius 2 is 1.96 bits per heavy atom. The Hall–Kier alpha value is -3.22. The van der Waals surface area contributed by atoms with Gasteiger partial charge < -0.3 is 10.2 Å². The molecule has 3 aromatic rings. The molecule has 1 fully saturated rings. The van der Waals surface area contributed by atoms with Crippen LogP contribution in [0, 0.1) is 5.82 Å². The second-order valence-electron chi connectivity index (χ2n) is 6.70. The summed E-state index contributed by atoms with van der Waals surface area (Å²) in [5.41, 5.74) is 2.08. The van der Waals surface area contributed by atoms with E-state index in [-0.39, 0.29) is 24.4 Å². The van der Waals surface area contributed by atoms with Crippen LogP contribution in [0.4, 0.5) is 14.9 Å². The monoisotopic (exact) mass is 365 g/mol. The second-order valence-corrected chi connectivity index (χ2v) is 6.70. The molecule has 27 heavy (non-hydrogen) atoms. The van der Waals surface area contributed by atoms with Gasteiger partial charge in [-0.15, -0.1) is 0 Å². The van der Waals surface area contributed by atoms with Gasteiger partial charge in [0.05, 0.1) is 6.54 Å². The molecular weight excluding hydrogens is 345 g/mol. The molecule has 1 aromatic heterocycles. The number of aromatic nitrogens is 3. The van der Waals surface area contributed by atoms with Gasteiger partial charge in [0.25, 0.3) is 0 Å². The van der Waals surface area contributed by atoms with Crippen LogP contribution in [0.1, 0.15) is 18.4 Å². The van der Waals surface area contributed by atoms with Crippen LogP contribution >= 0.6 is 0 Å². The summed E-state index contributed by atoms with van der Waals surface area (Å²) in [4.78, 5) is 18.6. The fourth-order valence-electron chi connectivity index (χ4n) is 2.93. The van der Waals surface area contributed by atoms with Crippen LogP contribution in [0.25, 0.3) is 11.4 Å². The Kier molecular flexibility index (Phi) is 4.58. The summed E-state index contributed by atoms with van der Waals surface area (Å²) >= 11 is 0. The molecule has 1 aliphatic rings. The number of carbonyl (C=O) groups excluding carboxylic acids is 1. The third kappa shape index (κ3) is 3.97. The van der Waals surface area contributed by atoms with Crippen molar-refractivity contribution < 1.29 is 9.18 Å². The maximum atomic E-state index is 14.0. The minimum absolute atomic E-state index is 0.168. The molecule has 1 N–H and O–H groups in total. The van der Waals surface area contributed by atoms with Crippen LogP contribution in [0.15, 0.2) is 54.9 Å². The Balaban J connectivity index is 1.46. The van der Waals surface area contributed by atoms with E-state index in [1.165, 1.54) is 6.07 Å². The Morgan fingerprint density at radius 1 is 1.22 bits per heavy atom. The maximum Gasteiger partial charge on any atom is 0.322 e. The van der Waals surface area contributed by atoms with Crippen molar-refractivity contribution in [3.8, 4) is 11.4 Å². The van der Waals surface area contributed by atoms with Gasteiger partial charge in [0.2, 0.25) is 0 Å². The number of aryl methyl sites for hydroxylation is 1. The highest BCUT2D eigenvalue weighted by Crippen LogP contribution is 2.29. The number of benzene rings is 2. The van der Waals surface area contributed by atoms with Crippen LogP contribution in [-0.2, 0) is 13.6 Å². The van der Waals surface area contributed by atoms with Crippen molar-refractivity contribution in [3.05, 3.63) is 66.2 Å². The van der Waals surface area contributed by atoms with E-state index in [0.717, 1.165) is 18.4 Å². The van der Waals surface area contributed by atoms with Crippen LogP contribution in [0.3, 0.4) is 0 Å². The van der Waals surface area contributed by atoms with E-state index in [1.54, 1.807) is 34.1 Å². The molecule has 138 valence electrons. The standard InChI is InChI=1S/C20H20FN5O/c1-25-13-22-19(24-25)14-6-8-16(9-7-14)23-20(27)26(17-10-11-17)12-15-4-2-3-5-18(15)21/h2-9,13,17H,10-12H2,1H3,(H,23,27). The number of anilines is 1. The number of amides is 2. The first-order valence-corrected chi connectivity index (χ1v) is 8.87. The third-order valence-electron chi connectivity index (χ3n) is 4.54. The number of urea groups is 1. The summed E-state index contributed by atoms with van der Waals surface area (Å²) in [6.07, 6.45) is 3.54. The van der Waals surface area contributed by atoms with Crippen molar-refractivity contribution in [2.45, 2.75) is 25.4 Å². The van der Waals surface area contributed by atoms with Crippen LogP contribution in [-0.4, -0.2) is 31.7 Å². The van der Waals surface area contributed by atoms with E-state index in [9.17, 15) is 9.18 Å². The summed E-state index contributed by atoms with van der Waals surface area (Å²) in [7, 11) is 1.81. The van der Waals surface area contributed by atoms with Gasteiger partial charge in [0.1, 0.15) is 12.1 Å². The normalized spacial score (nSPS) is 13.4. The summed E-state index contributed by atoms with van der Waals surface area (Å²) in [6.45, 7) is 0.263. The smallest absolute Gasteiger partial charge is 0.317 e. The first-order chi connectivity index (χ1) is 13.1. The molecule has 6 nitrogen and oxygen atoms in total. The van der Waals surface area contributed by atoms with Crippen molar-refractivity contribution in [3.63, 3.8) is 0 Å². The van der Waals surface area contributed by atoms with E-state index in [2.05, 4.69) is 15.4 Å². The number of halogens is 1. The molecule has 0 spiro atoms. The van der Waals surface area contributed by atoms with Crippen LogP contribution in [0.5, 0.6) is 0 Å². The zero-order valence-corrected chi connectivity index (χ0v) is 15.0. The average Bonchev–Trinajstić information content (AvgIpc) is 3.41. The molecule has 2 aromatic carbocycles. The molecule has 7 heteroatoms. The zero-order valence-electron chi connectivity index (χ0n) is 15.0. The Labute approximate surface area is 156 Å². The summed E-state index contributed by atoms with van der Waals surface area (Å²) in [5, 5.41) is 7.17. The summed E-state index contributed by atoms with van der Waals surface area (Å²) in [6, 6.07) is 13.9. The lowest BCUT2D eigenvalue weighted by Gasteiger charge is -2.23. The topological polar surface area (TPSA) is 63.1 Å². The number of hydrogen-bond donors (Lipinski definition) is 1. The van der Waals surface area contributed by atoms with Crippen molar-refractivity contribution in [1.82, 2.24) is 19.7 Å². The SMILES string of the molecule is Cn1cnc(-c2ccc(NC(=O)N(Cc3ccccc3F)C3CC3)cc2)n1. The van der Waals surface area contributed by atoms with Gasteiger partial charge in [-0.05, 0) is 43.2 Å². The molecule has 0 aliphatic heterocycles. The van der Waals surface area contributed by atoms with E-state index >= 15 is 0 Å². The lowest BCUT2D eigenvalue weighted by molar-refractivity contribution is 0.205. The first-order valence-electron chi connectivity index (χ1n) is 8.87. The molecule has 0 saturated heterocycles. The van der Waals surface area contributed by atoms with E-state index in [4.69, 9.17) is 0 Å². The third-order valence-corrected chi connectivity index (χ3v) is 4.54. The molecule has 2 amide bonds. The molecule has 4 rings (SSSR count). The predicted molar refractivity (Wildman–Crippen MR) is 100 cm³/mol. The minimum atomic E-state index is -0.289. The molecule has 1 aliphatic carbocycles. The van der Waals surface area contributed by atoms with Gasteiger partial charge in [0.15, 0.2) is 5.82 Å². The molecular formula is C20H20FN5O. The highest BCUT2D eigenvalue weighted by atomic mass is 19.1. The Morgan fingerprint density at radius 3 is 2.59 bits per heavy atom. The van der Waals surface area contributed by atoms with Gasteiger partial charge in [-0.2, -0.15) is 5.10 Å². The zero-order chi connectivity index (χ0) is 18.8. The summed E-state index contributed by atoms with van der Waals surface area (Å²) < 4.78 is 15.6. The fourth-order valence-corrected chi connectivity index (χ4v) is 2.93. The largest absolute Gasteiger partial charge is 0.322 e. The number of nitrogens with zero attached hydrogens (tertiary/aromatic N) is 4. The summed E-state index contributed by atoms with van der Waals surface area (Å²) in [5.74, 6) is 0.345. The van der Waals surface area contributed by atoms with Gasteiger partial charge in [-0.1, -0.05) is 18.2 Å². The molecule has 0 radical (unpaired) electrons. The van der Waals surface area contributed by atoms with Crippen LogP contribution < -0.4 is 5.32 Å². The number of rotatable bonds is 5. The van der Waals surface area contributed by atoms with Gasteiger partial charge in [-0.3, -0.25) is 4.68 Å². The lowest BCUT2D eigenvalue weighted by Crippen LogP contribution is -2.36. The van der Waals surface area contributed by atoms with Gasteiger partial charge in [0, 0.05) is 29.9 Å². The highest BCUT2D eigenvalue weighted by molar-refractivity contribution is 5.90. The average molecular weight is 365 g/mol. The van der Waals surface area contributed by atoms with E-state index in [0.29, 0.717) is 17.1 Å². The van der Waals surface area contributed by atoms with Crippen molar-refractivity contribution in [2.75, 3.05) is 5.32 Å². The lowest BCUT2D eigenvalue weighted by atomic mass is 10.2.